The molecule has 0 amide bonds. The van der Waals surface area contributed by atoms with E-state index in [0.717, 1.165) is 39.1 Å². The van der Waals surface area contributed by atoms with Gasteiger partial charge in [-0.1, -0.05) is 48.9 Å². The van der Waals surface area contributed by atoms with Crippen molar-refractivity contribution in [3.8, 4) is 11.5 Å². The highest BCUT2D eigenvalue weighted by Crippen LogP contribution is 2.32. The van der Waals surface area contributed by atoms with E-state index in [1.54, 1.807) is 12.1 Å². The molecule has 184 valence electrons. The number of likely N-dealkylation sites (tertiary alicyclic amines) is 1. The van der Waals surface area contributed by atoms with Gasteiger partial charge in [0.05, 0.1) is 6.61 Å². The van der Waals surface area contributed by atoms with Crippen molar-refractivity contribution in [1.29, 1.82) is 0 Å². The minimum atomic E-state index is -0.366. The Morgan fingerprint density at radius 3 is 2.61 bits per heavy atom. The molecular weight excluding hydrogens is 453 g/mol. The van der Waals surface area contributed by atoms with E-state index in [9.17, 15) is 5.11 Å². The zero-order valence-electron chi connectivity index (χ0n) is 20.3. The van der Waals surface area contributed by atoms with Gasteiger partial charge in [0.1, 0.15) is 30.0 Å². The van der Waals surface area contributed by atoms with Gasteiger partial charge in [-0.3, -0.25) is 4.90 Å². The second-order valence-electron chi connectivity index (χ2n) is 9.70. The van der Waals surface area contributed by atoms with E-state index in [2.05, 4.69) is 4.90 Å². The van der Waals surface area contributed by atoms with Crippen molar-refractivity contribution in [2.75, 3.05) is 26.2 Å². The number of nitrogens with zero attached hydrogens (tertiary/aromatic N) is 1. The Morgan fingerprint density at radius 1 is 0.972 bits per heavy atom. The Morgan fingerprint density at radius 2 is 1.78 bits per heavy atom. The number of aromatic hydroxyl groups is 1. The number of allylic oxidation sites excluding steroid dienone is 1. The largest absolute Gasteiger partial charge is 0.507 e. The Labute approximate surface area is 209 Å². The van der Waals surface area contributed by atoms with Crippen LogP contribution < -0.4 is 15.2 Å². The first kappa shape index (κ1) is 23.0. The number of halogens is 1. The number of hydrogen-bond acceptors (Lipinski definition) is 4. The van der Waals surface area contributed by atoms with Gasteiger partial charge >= 0.3 is 0 Å². The third kappa shape index (κ3) is 4.45. The Hall–Kier alpha value is -3.41. The molecule has 3 aliphatic rings. The minimum absolute atomic E-state index is 0.0735. The van der Waals surface area contributed by atoms with Crippen LogP contribution in [0.4, 0.5) is 4.39 Å². The third-order valence-corrected chi connectivity index (χ3v) is 7.40. The van der Waals surface area contributed by atoms with E-state index >= 15 is 4.39 Å². The van der Waals surface area contributed by atoms with Gasteiger partial charge in [0.2, 0.25) is 0 Å². The number of benzene rings is 3. The van der Waals surface area contributed by atoms with Gasteiger partial charge < -0.3 is 14.6 Å². The van der Waals surface area contributed by atoms with Crippen LogP contribution in [-0.2, 0) is 11.3 Å². The van der Waals surface area contributed by atoms with E-state index in [1.807, 2.05) is 54.6 Å². The second-order valence-corrected chi connectivity index (χ2v) is 9.70. The summed E-state index contributed by atoms with van der Waals surface area (Å²) in [5, 5.41) is 14.0. The highest BCUT2D eigenvalue weighted by atomic mass is 19.1. The summed E-state index contributed by atoms with van der Waals surface area (Å²) < 4.78 is 27.4. The van der Waals surface area contributed by atoms with E-state index in [-0.39, 0.29) is 24.3 Å². The zero-order chi connectivity index (χ0) is 24.5. The number of hydrogen-bond donors (Lipinski definition) is 1. The molecule has 0 saturated carbocycles. The van der Waals surface area contributed by atoms with E-state index in [4.69, 9.17) is 9.47 Å². The molecule has 2 heterocycles. The first-order chi connectivity index (χ1) is 17.7. The van der Waals surface area contributed by atoms with Crippen LogP contribution in [-0.4, -0.2) is 36.2 Å². The summed E-state index contributed by atoms with van der Waals surface area (Å²) in [4.78, 5) is 2.46. The van der Waals surface area contributed by atoms with Crippen LogP contribution in [0.5, 0.6) is 11.5 Å². The fraction of sp³-hybridized carbons (Fsp3) is 0.290. The number of piperidine rings is 1. The molecule has 0 bridgehead atoms. The number of rotatable bonds is 5. The molecule has 1 N–H and O–H groups in total. The summed E-state index contributed by atoms with van der Waals surface area (Å²) >= 11 is 0. The van der Waals surface area contributed by atoms with E-state index < -0.39 is 0 Å². The summed E-state index contributed by atoms with van der Waals surface area (Å²) in [6.45, 7) is 4.24. The van der Waals surface area contributed by atoms with Crippen LogP contribution in [0.25, 0.3) is 18.0 Å². The maximum atomic E-state index is 15.3. The molecule has 0 radical (unpaired) electrons. The van der Waals surface area contributed by atoms with Crippen LogP contribution in [0.3, 0.4) is 0 Å². The van der Waals surface area contributed by atoms with Crippen LogP contribution in [0.1, 0.15) is 42.1 Å². The average molecular weight is 484 g/mol. The van der Waals surface area contributed by atoms with Gasteiger partial charge in [0, 0.05) is 17.3 Å². The van der Waals surface area contributed by atoms with Crippen molar-refractivity contribution >= 4 is 18.0 Å². The molecule has 4 nitrogen and oxygen atoms in total. The van der Waals surface area contributed by atoms with Crippen molar-refractivity contribution < 1.29 is 19.0 Å². The first-order valence-electron chi connectivity index (χ1n) is 12.8. The Bertz CT molecular complexity index is 1520. The van der Waals surface area contributed by atoms with Crippen molar-refractivity contribution in [2.45, 2.75) is 32.0 Å². The summed E-state index contributed by atoms with van der Waals surface area (Å²) in [5.41, 5.74) is 2.17. The van der Waals surface area contributed by atoms with Gasteiger partial charge in [-0.25, -0.2) is 4.39 Å². The molecule has 6 rings (SSSR count). The predicted molar refractivity (Wildman–Crippen MR) is 139 cm³/mol. The standard InChI is InChI=1S/C31H30FNO3/c32-27-13-10-21-6-2-3-7-25(21)31-28(34)18-23-19-29(36-20-26(23)30(27)31)22-8-11-24(12-9-22)35-17-16-33-14-4-1-5-15-33/h2-3,6-13,18-19,29,34H,1,4-5,14-17,20H2. The first-order valence-corrected chi connectivity index (χ1v) is 12.8. The van der Waals surface area contributed by atoms with Crippen molar-refractivity contribution in [1.82, 2.24) is 4.90 Å². The molecule has 3 aromatic carbocycles. The van der Waals surface area contributed by atoms with Gasteiger partial charge in [-0.15, -0.1) is 0 Å². The quantitative estimate of drug-likeness (QED) is 0.571. The lowest BCUT2D eigenvalue weighted by Gasteiger charge is -2.26. The summed E-state index contributed by atoms with van der Waals surface area (Å²) in [5.74, 6) is 0.552. The van der Waals surface area contributed by atoms with Crippen LogP contribution in [0.2, 0.25) is 0 Å². The topological polar surface area (TPSA) is 41.9 Å². The fourth-order valence-corrected chi connectivity index (χ4v) is 5.49. The number of phenolic OH excluding ortho intramolecular Hbond substituents is 1. The maximum Gasteiger partial charge on any atom is 0.131 e. The number of phenols is 1. The Kier molecular flexibility index (Phi) is 6.34. The van der Waals surface area contributed by atoms with Crippen LogP contribution in [0, 0.1) is 10.4 Å². The molecule has 1 atom stereocenters. The lowest BCUT2D eigenvalue weighted by molar-refractivity contribution is 0.0756. The second kappa shape index (κ2) is 9.92. The number of fused-ring (bicyclic) bond motifs is 4. The molecule has 1 fully saturated rings. The fourth-order valence-electron chi connectivity index (χ4n) is 5.49. The van der Waals surface area contributed by atoms with Crippen LogP contribution >= 0.6 is 0 Å². The lowest BCUT2D eigenvalue weighted by atomic mass is 9.95. The number of ether oxygens (including phenoxy) is 2. The van der Waals surface area contributed by atoms with Crippen molar-refractivity contribution in [3.63, 3.8) is 0 Å². The summed E-state index contributed by atoms with van der Waals surface area (Å²) in [6, 6.07) is 17.4. The Balaban J connectivity index is 1.28. The minimum Gasteiger partial charge on any atom is -0.507 e. The zero-order valence-corrected chi connectivity index (χ0v) is 20.3. The molecule has 3 aromatic rings. The molecular formula is C31H30FNO3. The van der Waals surface area contributed by atoms with Gasteiger partial charge in [0.15, 0.2) is 0 Å². The third-order valence-electron chi connectivity index (χ3n) is 7.40. The van der Waals surface area contributed by atoms with Gasteiger partial charge in [-0.2, -0.15) is 0 Å². The van der Waals surface area contributed by atoms with Crippen LogP contribution in [0.15, 0.2) is 60.7 Å². The molecule has 2 aliphatic heterocycles. The van der Waals surface area contributed by atoms with Crippen molar-refractivity contribution in [2.24, 2.45) is 0 Å². The van der Waals surface area contributed by atoms with Crippen molar-refractivity contribution in [3.05, 3.63) is 98.2 Å². The molecule has 0 spiro atoms. The summed E-state index contributed by atoms with van der Waals surface area (Å²) in [6.07, 6.45) is 8.80. The highest BCUT2D eigenvalue weighted by molar-refractivity contribution is 5.72. The molecule has 36 heavy (non-hydrogen) atoms. The normalized spacial score (nSPS) is 19.0. The molecule has 1 aliphatic carbocycles. The highest BCUT2D eigenvalue weighted by Gasteiger charge is 2.22. The SMILES string of the molecule is Oc1cc2c(c3c1=c1ccccc1=CC=C3F)COC(c1ccc(OCCN3CCCCC3)cc1)C=2. The molecule has 5 heteroatoms. The monoisotopic (exact) mass is 483 g/mol. The summed E-state index contributed by atoms with van der Waals surface area (Å²) in [7, 11) is 0. The van der Waals surface area contributed by atoms with E-state index in [1.165, 1.54) is 38.4 Å². The molecule has 0 aromatic heterocycles. The molecule has 1 unspecified atom stereocenters. The maximum absolute atomic E-state index is 15.3. The van der Waals surface area contributed by atoms with Gasteiger partial charge in [0.25, 0.3) is 0 Å². The van der Waals surface area contributed by atoms with Gasteiger partial charge in [-0.05, 0) is 83.1 Å². The molecule has 1 saturated heterocycles. The van der Waals surface area contributed by atoms with E-state index in [0.29, 0.717) is 17.4 Å². The average Bonchev–Trinajstić information content (AvgIpc) is 3.07. The smallest absolute Gasteiger partial charge is 0.131 e. The predicted octanol–water partition coefficient (Wildman–Crippen LogP) is 4.70. The lowest BCUT2D eigenvalue weighted by Crippen LogP contribution is -2.33.